The fourth-order valence-corrected chi connectivity index (χ4v) is 1.44. The lowest BCUT2D eigenvalue weighted by molar-refractivity contribution is -0.422. The predicted molar refractivity (Wildman–Crippen MR) is 66.7 cm³/mol. The largest absolute Gasteiger partial charge is 0.496 e. The van der Waals surface area contributed by atoms with Crippen LogP contribution in [0, 0.1) is 10.1 Å². The number of nitro groups is 1. The van der Waals surface area contributed by atoms with Gasteiger partial charge in [-0.05, 0) is 6.07 Å². The smallest absolute Gasteiger partial charge is 0.243 e. The SMILES string of the molecule is COc1cc(OC)c(OC)cc1/C=C(/C)[N+](=O)[O-]. The monoisotopic (exact) mass is 253 g/mol. The standard InChI is InChI=1S/C12H15NO5/c1-8(13(14)15)5-9-6-11(17-3)12(18-4)7-10(9)16-2/h5-7H,1-4H3/b8-5-. The molecular weight excluding hydrogens is 238 g/mol. The second kappa shape index (κ2) is 5.90. The van der Waals surface area contributed by atoms with E-state index < -0.39 is 4.92 Å². The fourth-order valence-electron chi connectivity index (χ4n) is 1.44. The Bertz CT molecular complexity index is 482. The molecule has 0 saturated carbocycles. The Morgan fingerprint density at radius 1 is 1.11 bits per heavy atom. The normalized spacial score (nSPS) is 11.0. The topological polar surface area (TPSA) is 70.8 Å². The zero-order valence-electron chi connectivity index (χ0n) is 10.7. The third-order valence-electron chi connectivity index (χ3n) is 2.39. The van der Waals surface area contributed by atoms with Gasteiger partial charge < -0.3 is 14.2 Å². The summed E-state index contributed by atoms with van der Waals surface area (Å²) in [5.41, 5.74) is 0.574. The van der Waals surface area contributed by atoms with Crippen molar-refractivity contribution in [3.63, 3.8) is 0 Å². The van der Waals surface area contributed by atoms with Gasteiger partial charge in [-0.2, -0.15) is 0 Å². The van der Waals surface area contributed by atoms with Crippen molar-refractivity contribution in [1.29, 1.82) is 0 Å². The summed E-state index contributed by atoms with van der Waals surface area (Å²) in [5.74, 6) is 1.47. The van der Waals surface area contributed by atoms with E-state index in [9.17, 15) is 10.1 Å². The number of benzene rings is 1. The van der Waals surface area contributed by atoms with E-state index in [1.807, 2.05) is 0 Å². The van der Waals surface area contributed by atoms with Crippen LogP contribution in [-0.4, -0.2) is 26.3 Å². The quantitative estimate of drug-likeness (QED) is 0.595. The highest BCUT2D eigenvalue weighted by atomic mass is 16.6. The Kier molecular flexibility index (Phi) is 4.53. The summed E-state index contributed by atoms with van der Waals surface area (Å²) in [5, 5.41) is 10.6. The third kappa shape index (κ3) is 2.91. The number of hydrogen-bond acceptors (Lipinski definition) is 5. The highest BCUT2D eigenvalue weighted by Crippen LogP contribution is 2.35. The molecule has 0 heterocycles. The number of hydrogen-bond donors (Lipinski definition) is 0. The van der Waals surface area contributed by atoms with Gasteiger partial charge in [0, 0.05) is 24.6 Å². The minimum atomic E-state index is -0.462. The average molecular weight is 253 g/mol. The number of methoxy groups -OCH3 is 3. The molecule has 0 N–H and O–H groups in total. The minimum absolute atomic E-state index is 0.0144. The molecule has 0 aromatic heterocycles. The highest BCUT2D eigenvalue weighted by Gasteiger charge is 2.12. The molecule has 1 aromatic carbocycles. The zero-order valence-corrected chi connectivity index (χ0v) is 10.7. The van der Waals surface area contributed by atoms with Crippen molar-refractivity contribution in [2.45, 2.75) is 6.92 Å². The first-order chi connectivity index (χ1) is 8.53. The van der Waals surface area contributed by atoms with E-state index in [2.05, 4.69) is 0 Å². The van der Waals surface area contributed by atoms with Gasteiger partial charge in [0.1, 0.15) is 5.75 Å². The Morgan fingerprint density at radius 2 is 1.61 bits per heavy atom. The zero-order chi connectivity index (χ0) is 13.7. The molecule has 0 aliphatic heterocycles. The van der Waals surface area contributed by atoms with Crippen molar-refractivity contribution in [2.75, 3.05) is 21.3 Å². The number of allylic oxidation sites excluding steroid dienone is 1. The second-order valence-corrected chi connectivity index (χ2v) is 3.49. The first-order valence-electron chi connectivity index (χ1n) is 5.16. The maximum atomic E-state index is 10.6. The van der Waals surface area contributed by atoms with Crippen LogP contribution in [0.4, 0.5) is 0 Å². The lowest BCUT2D eigenvalue weighted by Gasteiger charge is -2.11. The summed E-state index contributed by atoms with van der Waals surface area (Å²) < 4.78 is 15.4. The highest BCUT2D eigenvalue weighted by molar-refractivity contribution is 5.64. The maximum Gasteiger partial charge on any atom is 0.243 e. The molecule has 0 fully saturated rings. The lowest BCUT2D eigenvalue weighted by atomic mass is 10.1. The molecule has 0 saturated heterocycles. The van der Waals surface area contributed by atoms with Gasteiger partial charge in [-0.3, -0.25) is 10.1 Å². The molecule has 6 heteroatoms. The Balaban J connectivity index is 3.34. The molecular formula is C12H15NO5. The van der Waals surface area contributed by atoms with Crippen LogP contribution in [-0.2, 0) is 0 Å². The number of nitrogens with zero attached hydrogens (tertiary/aromatic N) is 1. The summed E-state index contributed by atoms with van der Waals surface area (Å²) in [6.45, 7) is 1.41. The van der Waals surface area contributed by atoms with Crippen LogP contribution in [0.5, 0.6) is 17.2 Å². The van der Waals surface area contributed by atoms with Crippen LogP contribution in [0.3, 0.4) is 0 Å². The molecule has 0 atom stereocenters. The van der Waals surface area contributed by atoms with E-state index >= 15 is 0 Å². The van der Waals surface area contributed by atoms with Crippen molar-refractivity contribution in [3.8, 4) is 17.2 Å². The van der Waals surface area contributed by atoms with Gasteiger partial charge >= 0.3 is 0 Å². The Hall–Kier alpha value is -2.24. The van der Waals surface area contributed by atoms with Crippen LogP contribution in [0.2, 0.25) is 0 Å². The molecule has 6 nitrogen and oxygen atoms in total. The van der Waals surface area contributed by atoms with E-state index in [1.165, 1.54) is 34.3 Å². The molecule has 0 bridgehead atoms. The van der Waals surface area contributed by atoms with E-state index in [-0.39, 0.29) is 5.70 Å². The molecule has 0 aliphatic rings. The van der Waals surface area contributed by atoms with Gasteiger partial charge in [0.25, 0.3) is 0 Å². The Morgan fingerprint density at radius 3 is 2.06 bits per heavy atom. The summed E-state index contributed by atoms with van der Waals surface area (Å²) in [6, 6.07) is 3.25. The molecule has 18 heavy (non-hydrogen) atoms. The molecule has 0 unspecified atom stereocenters. The molecule has 0 aliphatic carbocycles. The van der Waals surface area contributed by atoms with Gasteiger partial charge in [-0.15, -0.1) is 0 Å². The van der Waals surface area contributed by atoms with E-state index in [0.29, 0.717) is 22.8 Å². The lowest BCUT2D eigenvalue weighted by Crippen LogP contribution is -1.97. The second-order valence-electron chi connectivity index (χ2n) is 3.49. The fraction of sp³-hybridized carbons (Fsp3) is 0.333. The minimum Gasteiger partial charge on any atom is -0.496 e. The van der Waals surface area contributed by atoms with Gasteiger partial charge in [0.2, 0.25) is 5.70 Å². The van der Waals surface area contributed by atoms with Crippen molar-refractivity contribution in [1.82, 2.24) is 0 Å². The van der Waals surface area contributed by atoms with Gasteiger partial charge in [-0.25, -0.2) is 0 Å². The van der Waals surface area contributed by atoms with Crippen molar-refractivity contribution >= 4 is 6.08 Å². The van der Waals surface area contributed by atoms with Crippen LogP contribution < -0.4 is 14.2 Å². The molecule has 98 valence electrons. The van der Waals surface area contributed by atoms with Gasteiger partial charge in [0.15, 0.2) is 11.5 Å². The van der Waals surface area contributed by atoms with E-state index in [0.717, 1.165) is 0 Å². The first kappa shape index (κ1) is 13.8. The van der Waals surface area contributed by atoms with Crippen LogP contribution in [0.1, 0.15) is 12.5 Å². The van der Waals surface area contributed by atoms with Gasteiger partial charge in [0.05, 0.1) is 26.3 Å². The van der Waals surface area contributed by atoms with Crippen LogP contribution in [0.15, 0.2) is 17.8 Å². The third-order valence-corrected chi connectivity index (χ3v) is 2.39. The van der Waals surface area contributed by atoms with Crippen LogP contribution in [0.25, 0.3) is 6.08 Å². The molecule has 0 radical (unpaired) electrons. The van der Waals surface area contributed by atoms with Crippen molar-refractivity contribution in [2.24, 2.45) is 0 Å². The molecule has 1 rings (SSSR count). The summed E-state index contributed by atoms with van der Waals surface area (Å²) in [7, 11) is 4.49. The predicted octanol–water partition coefficient (Wildman–Crippen LogP) is 2.35. The van der Waals surface area contributed by atoms with Gasteiger partial charge in [-0.1, -0.05) is 0 Å². The number of ether oxygens (including phenoxy) is 3. The average Bonchev–Trinajstić information content (AvgIpc) is 2.37. The Labute approximate surface area is 105 Å². The van der Waals surface area contributed by atoms with Crippen LogP contribution >= 0.6 is 0 Å². The van der Waals surface area contributed by atoms with E-state index in [4.69, 9.17) is 14.2 Å². The summed E-state index contributed by atoms with van der Waals surface area (Å²) >= 11 is 0. The first-order valence-corrected chi connectivity index (χ1v) is 5.16. The maximum absolute atomic E-state index is 10.6. The summed E-state index contributed by atoms with van der Waals surface area (Å²) in [4.78, 5) is 10.2. The molecule has 0 amide bonds. The van der Waals surface area contributed by atoms with Crippen molar-refractivity contribution in [3.05, 3.63) is 33.5 Å². The molecule has 0 spiro atoms. The molecule has 1 aromatic rings. The van der Waals surface area contributed by atoms with E-state index in [1.54, 1.807) is 12.1 Å². The summed E-state index contributed by atoms with van der Waals surface area (Å²) in [6.07, 6.45) is 1.42. The number of rotatable bonds is 5. The van der Waals surface area contributed by atoms with Crippen molar-refractivity contribution < 1.29 is 19.1 Å².